The molecule has 3 aliphatic carbocycles. The van der Waals surface area contributed by atoms with E-state index in [1.165, 1.54) is 6.08 Å². The monoisotopic (exact) mass is 364 g/mol. The van der Waals surface area contributed by atoms with Gasteiger partial charge in [0, 0.05) is 17.7 Å². The maximum Gasteiger partial charge on any atom is 0.411 e. The molecule has 1 N–H and O–H groups in total. The maximum atomic E-state index is 13.2. The molecule has 0 bridgehead atoms. The SMILES string of the molecule is C=CC(=N/C=C\C)n1nc(C(=O)NC2(C(F)(F)F)CC2)c2c1[C@H]1C[C@H]1C2. The Balaban J connectivity index is 1.70. The van der Waals surface area contributed by atoms with Crippen molar-refractivity contribution in [1.29, 1.82) is 0 Å². The summed E-state index contributed by atoms with van der Waals surface area (Å²) in [4.78, 5) is 16.9. The normalized spacial score (nSPS) is 25.8. The minimum atomic E-state index is -4.45. The number of carbonyl (C=O) groups excluding carboxylic acids is 1. The molecule has 1 amide bonds. The fourth-order valence-electron chi connectivity index (χ4n) is 3.70. The summed E-state index contributed by atoms with van der Waals surface area (Å²) in [7, 11) is 0. The molecule has 1 aromatic rings. The average molecular weight is 364 g/mol. The maximum absolute atomic E-state index is 13.2. The van der Waals surface area contributed by atoms with E-state index in [0.717, 1.165) is 17.7 Å². The topological polar surface area (TPSA) is 59.3 Å². The van der Waals surface area contributed by atoms with Crippen molar-refractivity contribution in [2.45, 2.75) is 50.2 Å². The van der Waals surface area contributed by atoms with Crippen molar-refractivity contribution in [3.8, 4) is 0 Å². The van der Waals surface area contributed by atoms with Gasteiger partial charge in [-0.15, -0.1) is 0 Å². The van der Waals surface area contributed by atoms with Crippen LogP contribution in [-0.2, 0) is 6.42 Å². The van der Waals surface area contributed by atoms with Gasteiger partial charge >= 0.3 is 6.18 Å². The van der Waals surface area contributed by atoms with Crippen LogP contribution in [0.3, 0.4) is 0 Å². The van der Waals surface area contributed by atoms with E-state index in [1.54, 1.807) is 17.0 Å². The number of aliphatic imine (C=N–C) groups is 1. The first kappa shape index (κ1) is 17.1. The molecule has 138 valence electrons. The Bertz CT molecular complexity index is 845. The van der Waals surface area contributed by atoms with Crippen LogP contribution in [0.25, 0.3) is 0 Å². The van der Waals surface area contributed by atoms with Gasteiger partial charge in [0.05, 0.1) is 5.69 Å². The van der Waals surface area contributed by atoms with Crippen LogP contribution in [0.2, 0.25) is 0 Å². The number of nitrogens with zero attached hydrogens (tertiary/aromatic N) is 3. The lowest BCUT2D eigenvalue weighted by Crippen LogP contribution is -2.48. The molecule has 5 nitrogen and oxygen atoms in total. The first-order valence-electron chi connectivity index (χ1n) is 8.64. The summed E-state index contributed by atoms with van der Waals surface area (Å²) >= 11 is 0. The van der Waals surface area contributed by atoms with Gasteiger partial charge in [0.15, 0.2) is 11.5 Å². The number of hydrogen-bond donors (Lipinski definition) is 1. The second-order valence-corrected chi connectivity index (χ2v) is 7.14. The van der Waals surface area contributed by atoms with Crippen LogP contribution >= 0.6 is 0 Å². The van der Waals surface area contributed by atoms with E-state index in [1.807, 2.05) is 6.92 Å². The van der Waals surface area contributed by atoms with E-state index in [4.69, 9.17) is 0 Å². The highest BCUT2D eigenvalue weighted by atomic mass is 19.4. The number of amides is 1. The number of alkyl halides is 3. The molecular weight excluding hydrogens is 345 g/mol. The Hall–Kier alpha value is -2.38. The molecule has 4 rings (SSSR count). The van der Waals surface area contributed by atoms with E-state index < -0.39 is 17.6 Å². The van der Waals surface area contributed by atoms with Gasteiger partial charge in [-0.2, -0.15) is 18.3 Å². The van der Waals surface area contributed by atoms with Crippen LogP contribution in [0, 0.1) is 5.92 Å². The van der Waals surface area contributed by atoms with Crippen LogP contribution in [-0.4, -0.2) is 33.2 Å². The summed E-state index contributed by atoms with van der Waals surface area (Å²) in [5.41, 5.74) is -0.377. The van der Waals surface area contributed by atoms with E-state index in [2.05, 4.69) is 22.0 Å². The molecular formula is C18H19F3N4O. The van der Waals surface area contributed by atoms with Gasteiger partial charge in [-0.1, -0.05) is 12.7 Å². The molecule has 1 aromatic heterocycles. The fraction of sp³-hybridized carbons (Fsp3) is 0.500. The smallest absolute Gasteiger partial charge is 0.336 e. The first-order chi connectivity index (χ1) is 12.3. The fourth-order valence-corrected chi connectivity index (χ4v) is 3.70. The van der Waals surface area contributed by atoms with E-state index >= 15 is 0 Å². The molecule has 0 aliphatic heterocycles. The van der Waals surface area contributed by atoms with Crippen molar-refractivity contribution in [2.75, 3.05) is 0 Å². The summed E-state index contributed by atoms with van der Waals surface area (Å²) in [6.45, 7) is 5.55. The van der Waals surface area contributed by atoms with Crippen LogP contribution in [0.15, 0.2) is 29.9 Å². The van der Waals surface area contributed by atoms with E-state index in [-0.39, 0.29) is 18.5 Å². The van der Waals surface area contributed by atoms with Crippen LogP contribution in [0.5, 0.6) is 0 Å². The molecule has 1 heterocycles. The Morgan fingerprint density at radius 1 is 1.46 bits per heavy atom. The Kier molecular flexibility index (Phi) is 3.65. The zero-order chi connectivity index (χ0) is 18.7. The Labute approximate surface area is 148 Å². The number of allylic oxidation sites excluding steroid dienone is 2. The number of rotatable bonds is 4. The summed E-state index contributed by atoms with van der Waals surface area (Å²) < 4.78 is 41.1. The van der Waals surface area contributed by atoms with Gasteiger partial charge < -0.3 is 5.32 Å². The number of hydrogen-bond acceptors (Lipinski definition) is 3. The van der Waals surface area contributed by atoms with E-state index in [9.17, 15) is 18.0 Å². The summed E-state index contributed by atoms with van der Waals surface area (Å²) in [5, 5.41) is 6.51. The third-order valence-electron chi connectivity index (χ3n) is 5.38. The number of halogens is 3. The van der Waals surface area contributed by atoms with Gasteiger partial charge in [-0.25, -0.2) is 9.67 Å². The predicted molar refractivity (Wildman–Crippen MR) is 90.1 cm³/mol. The Morgan fingerprint density at radius 2 is 2.19 bits per heavy atom. The molecule has 2 saturated carbocycles. The number of nitrogens with one attached hydrogen (secondary N) is 1. The minimum absolute atomic E-state index is 0.0813. The van der Waals surface area contributed by atoms with Crippen LogP contribution in [0.1, 0.15) is 53.8 Å². The van der Waals surface area contributed by atoms with Gasteiger partial charge in [0.25, 0.3) is 5.91 Å². The quantitative estimate of drug-likeness (QED) is 0.658. The first-order valence-corrected chi connectivity index (χ1v) is 8.64. The molecule has 2 fully saturated rings. The summed E-state index contributed by atoms with van der Waals surface area (Å²) in [6.07, 6.45) is 1.94. The average Bonchev–Trinajstić information content (AvgIpc) is 3.46. The molecule has 0 spiro atoms. The zero-order valence-corrected chi connectivity index (χ0v) is 14.3. The molecule has 0 unspecified atom stereocenters. The third kappa shape index (κ3) is 2.50. The predicted octanol–water partition coefficient (Wildman–Crippen LogP) is 3.33. The van der Waals surface area contributed by atoms with Crippen molar-refractivity contribution < 1.29 is 18.0 Å². The van der Waals surface area contributed by atoms with Crippen molar-refractivity contribution in [3.05, 3.63) is 41.9 Å². The highest BCUT2D eigenvalue weighted by Crippen LogP contribution is 2.57. The number of fused-ring (bicyclic) bond motifs is 3. The number of aromatic nitrogens is 2. The van der Waals surface area contributed by atoms with E-state index in [0.29, 0.717) is 24.1 Å². The molecule has 3 aliphatic rings. The van der Waals surface area contributed by atoms with Gasteiger partial charge in [-0.3, -0.25) is 4.79 Å². The largest absolute Gasteiger partial charge is 0.411 e. The van der Waals surface area contributed by atoms with Gasteiger partial charge in [-0.05, 0) is 44.6 Å². The van der Waals surface area contributed by atoms with Crippen molar-refractivity contribution >= 4 is 11.7 Å². The van der Waals surface area contributed by atoms with Gasteiger partial charge in [0.1, 0.15) is 5.54 Å². The summed E-state index contributed by atoms with van der Waals surface area (Å²) in [5.74, 6) is 0.451. The van der Waals surface area contributed by atoms with Crippen LogP contribution in [0.4, 0.5) is 13.2 Å². The molecule has 26 heavy (non-hydrogen) atoms. The van der Waals surface area contributed by atoms with Crippen molar-refractivity contribution in [2.24, 2.45) is 10.9 Å². The Morgan fingerprint density at radius 3 is 2.77 bits per heavy atom. The van der Waals surface area contributed by atoms with Crippen molar-refractivity contribution in [1.82, 2.24) is 15.1 Å². The molecule has 0 aromatic carbocycles. The standard InChI is InChI=1S/C18H19F3N4O/c1-3-7-22-13(4-2)25-15-11-8-10(11)9-12(15)14(24-25)16(26)23-17(5-6-17)18(19,20)21/h3-4,7,10-11H,2,5-6,8-9H2,1H3,(H,23,26)/b7-3-,22-13?/t10-,11-/m0/s1. The third-order valence-corrected chi connectivity index (χ3v) is 5.38. The lowest BCUT2D eigenvalue weighted by molar-refractivity contribution is -0.163. The highest BCUT2D eigenvalue weighted by Gasteiger charge is 2.64. The second-order valence-electron chi connectivity index (χ2n) is 7.14. The molecule has 0 saturated heterocycles. The van der Waals surface area contributed by atoms with Crippen LogP contribution < -0.4 is 5.32 Å². The van der Waals surface area contributed by atoms with Crippen molar-refractivity contribution in [3.63, 3.8) is 0 Å². The number of carbonyl (C=O) groups is 1. The minimum Gasteiger partial charge on any atom is -0.336 e. The molecule has 8 heteroatoms. The zero-order valence-electron chi connectivity index (χ0n) is 14.3. The van der Waals surface area contributed by atoms with Gasteiger partial charge in [0.2, 0.25) is 0 Å². The molecule has 0 radical (unpaired) electrons. The molecule has 2 atom stereocenters. The lowest BCUT2D eigenvalue weighted by atomic mass is 10.1. The highest BCUT2D eigenvalue weighted by molar-refractivity contribution is 5.99. The summed E-state index contributed by atoms with van der Waals surface area (Å²) in [6, 6.07) is 0. The lowest BCUT2D eigenvalue weighted by Gasteiger charge is -2.20. The second kappa shape index (κ2) is 5.56.